The highest BCUT2D eigenvalue weighted by molar-refractivity contribution is 7.92. The predicted octanol–water partition coefficient (Wildman–Crippen LogP) is 3.82. The Morgan fingerprint density at radius 2 is 1.73 bits per heavy atom. The largest absolute Gasteiger partial charge is 0.271 e. The fraction of sp³-hybridized carbons (Fsp3) is 0.0476. The van der Waals surface area contributed by atoms with Gasteiger partial charge in [-0.2, -0.15) is 5.10 Å². The Morgan fingerprint density at radius 3 is 2.40 bits per heavy atom. The topological polar surface area (TPSA) is 78.8 Å². The summed E-state index contributed by atoms with van der Waals surface area (Å²) in [6, 6.07) is 19.5. The minimum Gasteiger partial charge on any atom is -0.271 e. The number of sulfonamides is 1. The monoisotopic (exact) mass is 445 g/mol. The van der Waals surface area contributed by atoms with Crippen LogP contribution in [0.2, 0.25) is 5.02 Å². The van der Waals surface area contributed by atoms with Crippen LogP contribution in [0.3, 0.4) is 0 Å². The number of hydrogen-bond acceptors (Lipinski definition) is 4. The summed E-state index contributed by atoms with van der Waals surface area (Å²) in [5.41, 5.74) is 3.09. The number of nitrogens with zero attached hydrogens (tertiary/aromatic N) is 2. The molecule has 3 aromatic carbocycles. The molecular weight excluding hydrogens is 429 g/mol. The van der Waals surface area contributed by atoms with E-state index in [0.717, 1.165) is 4.31 Å². The van der Waals surface area contributed by atoms with E-state index in [1.165, 1.54) is 48.7 Å². The first-order valence-corrected chi connectivity index (χ1v) is 10.6. The van der Waals surface area contributed by atoms with Crippen LogP contribution in [0.25, 0.3) is 0 Å². The van der Waals surface area contributed by atoms with Crippen molar-refractivity contribution in [2.75, 3.05) is 10.8 Å². The Morgan fingerprint density at radius 1 is 1.03 bits per heavy atom. The van der Waals surface area contributed by atoms with E-state index < -0.39 is 22.5 Å². The molecule has 0 aliphatic heterocycles. The van der Waals surface area contributed by atoms with Crippen molar-refractivity contribution in [3.05, 3.63) is 95.3 Å². The fourth-order valence-corrected chi connectivity index (χ4v) is 4.18. The minimum absolute atomic E-state index is 0.0348. The third-order valence-corrected chi connectivity index (χ3v) is 6.01. The second-order valence-electron chi connectivity index (χ2n) is 6.15. The van der Waals surface area contributed by atoms with Crippen molar-refractivity contribution in [1.29, 1.82) is 0 Å². The molecule has 154 valence electrons. The molecule has 0 heterocycles. The van der Waals surface area contributed by atoms with Gasteiger partial charge in [0.1, 0.15) is 12.4 Å². The summed E-state index contributed by atoms with van der Waals surface area (Å²) in [5.74, 6) is -1.05. The Balaban J connectivity index is 1.82. The molecular formula is C21H17ClFN3O3S. The van der Waals surface area contributed by atoms with Crippen molar-refractivity contribution in [1.82, 2.24) is 5.43 Å². The van der Waals surface area contributed by atoms with Crippen molar-refractivity contribution in [2.45, 2.75) is 4.90 Å². The maximum Gasteiger partial charge on any atom is 0.264 e. The third kappa shape index (κ3) is 5.43. The van der Waals surface area contributed by atoms with Gasteiger partial charge in [-0.1, -0.05) is 48.0 Å². The number of hydrogen-bond donors (Lipinski definition) is 1. The van der Waals surface area contributed by atoms with Crippen LogP contribution < -0.4 is 9.73 Å². The first-order valence-electron chi connectivity index (χ1n) is 8.77. The van der Waals surface area contributed by atoms with Gasteiger partial charge < -0.3 is 0 Å². The molecule has 0 spiro atoms. The number of nitrogens with one attached hydrogen (secondary N) is 1. The van der Waals surface area contributed by atoms with E-state index >= 15 is 0 Å². The zero-order valence-electron chi connectivity index (χ0n) is 15.6. The van der Waals surface area contributed by atoms with Crippen molar-refractivity contribution < 1.29 is 17.6 Å². The SMILES string of the molecule is O=C(CN(c1cccc(Cl)c1)S(=O)(=O)c1ccccc1)N/N=C\c1ccc(F)cc1. The van der Waals surface area contributed by atoms with Crippen LogP contribution in [0.1, 0.15) is 5.56 Å². The van der Waals surface area contributed by atoms with E-state index in [1.807, 2.05) is 0 Å². The van der Waals surface area contributed by atoms with Crippen LogP contribution in [0.5, 0.6) is 0 Å². The summed E-state index contributed by atoms with van der Waals surface area (Å²) in [6.45, 7) is -0.516. The normalized spacial score (nSPS) is 11.4. The van der Waals surface area contributed by atoms with Crippen LogP contribution >= 0.6 is 11.6 Å². The number of rotatable bonds is 7. The third-order valence-electron chi connectivity index (χ3n) is 3.99. The van der Waals surface area contributed by atoms with Crippen LogP contribution in [-0.2, 0) is 14.8 Å². The van der Waals surface area contributed by atoms with Gasteiger partial charge in [0.25, 0.3) is 15.9 Å². The molecule has 0 aromatic heterocycles. The van der Waals surface area contributed by atoms with E-state index in [1.54, 1.807) is 36.4 Å². The summed E-state index contributed by atoms with van der Waals surface area (Å²) in [7, 11) is -4.03. The first kappa shape index (κ1) is 21.5. The highest BCUT2D eigenvalue weighted by Gasteiger charge is 2.27. The Labute approximate surface area is 178 Å². The van der Waals surface area contributed by atoms with Gasteiger partial charge in [0.05, 0.1) is 16.8 Å². The lowest BCUT2D eigenvalue weighted by atomic mass is 10.2. The van der Waals surface area contributed by atoms with E-state index in [9.17, 15) is 17.6 Å². The van der Waals surface area contributed by atoms with Crippen molar-refractivity contribution in [3.8, 4) is 0 Å². The molecule has 0 atom stereocenters. The number of amides is 1. The van der Waals surface area contributed by atoms with Crippen molar-refractivity contribution >= 4 is 39.4 Å². The van der Waals surface area contributed by atoms with Crippen LogP contribution in [0.15, 0.2) is 88.9 Å². The molecule has 0 aliphatic carbocycles. The number of anilines is 1. The molecule has 1 amide bonds. The highest BCUT2D eigenvalue weighted by Crippen LogP contribution is 2.25. The average molecular weight is 446 g/mol. The van der Waals surface area contributed by atoms with Gasteiger partial charge in [-0.15, -0.1) is 0 Å². The van der Waals surface area contributed by atoms with Gasteiger partial charge in [-0.05, 0) is 48.0 Å². The molecule has 3 aromatic rings. The molecule has 0 aliphatic rings. The Bertz CT molecular complexity index is 1150. The maximum atomic E-state index is 13.1. The van der Waals surface area contributed by atoms with Crippen LogP contribution in [-0.4, -0.2) is 27.1 Å². The van der Waals surface area contributed by atoms with Gasteiger partial charge in [0, 0.05) is 5.02 Å². The van der Waals surface area contributed by atoms with E-state index in [-0.39, 0.29) is 16.4 Å². The second kappa shape index (κ2) is 9.51. The number of halogens is 2. The number of hydrazone groups is 1. The van der Waals surface area contributed by atoms with Crippen LogP contribution in [0.4, 0.5) is 10.1 Å². The molecule has 3 rings (SSSR count). The molecule has 0 radical (unpaired) electrons. The second-order valence-corrected chi connectivity index (χ2v) is 8.45. The smallest absolute Gasteiger partial charge is 0.264 e. The van der Waals surface area contributed by atoms with Gasteiger partial charge in [0.2, 0.25) is 0 Å². The number of benzene rings is 3. The molecule has 1 N–H and O–H groups in total. The fourth-order valence-electron chi connectivity index (χ4n) is 2.56. The van der Waals surface area contributed by atoms with Gasteiger partial charge in [0.15, 0.2) is 0 Å². The van der Waals surface area contributed by atoms with E-state index in [2.05, 4.69) is 10.5 Å². The molecule has 0 fully saturated rings. The van der Waals surface area contributed by atoms with E-state index in [0.29, 0.717) is 10.6 Å². The Kier molecular flexibility index (Phi) is 6.81. The Hall–Kier alpha value is -3.23. The average Bonchev–Trinajstić information content (AvgIpc) is 2.74. The van der Waals surface area contributed by atoms with Crippen molar-refractivity contribution in [3.63, 3.8) is 0 Å². The molecule has 0 unspecified atom stereocenters. The minimum atomic E-state index is -4.03. The lowest BCUT2D eigenvalue weighted by molar-refractivity contribution is -0.119. The van der Waals surface area contributed by atoms with Gasteiger partial charge in [-0.25, -0.2) is 18.2 Å². The number of carbonyl (C=O) groups excluding carboxylic acids is 1. The summed E-state index contributed by atoms with van der Waals surface area (Å²) in [4.78, 5) is 12.4. The summed E-state index contributed by atoms with van der Waals surface area (Å²) in [5, 5.41) is 4.12. The molecule has 0 saturated heterocycles. The number of carbonyl (C=O) groups is 1. The lowest BCUT2D eigenvalue weighted by Gasteiger charge is -2.23. The quantitative estimate of drug-likeness (QED) is 0.443. The predicted molar refractivity (Wildman–Crippen MR) is 115 cm³/mol. The maximum absolute atomic E-state index is 13.1. The van der Waals surface area contributed by atoms with Gasteiger partial charge in [-0.3, -0.25) is 9.10 Å². The molecule has 0 saturated carbocycles. The van der Waals surface area contributed by atoms with E-state index in [4.69, 9.17) is 11.6 Å². The molecule has 6 nitrogen and oxygen atoms in total. The molecule has 30 heavy (non-hydrogen) atoms. The molecule has 9 heteroatoms. The molecule has 0 bridgehead atoms. The lowest BCUT2D eigenvalue weighted by Crippen LogP contribution is -2.39. The first-order chi connectivity index (χ1) is 14.4. The van der Waals surface area contributed by atoms with Gasteiger partial charge >= 0.3 is 0 Å². The van der Waals surface area contributed by atoms with Crippen molar-refractivity contribution in [2.24, 2.45) is 5.10 Å². The standard InChI is InChI=1S/C21H17ClFN3O3S/c22-17-5-4-6-19(13-17)26(30(28,29)20-7-2-1-3-8-20)15-21(27)25-24-14-16-9-11-18(23)12-10-16/h1-14H,15H2,(H,25,27)/b24-14-. The summed E-state index contributed by atoms with van der Waals surface area (Å²) >= 11 is 6.01. The zero-order chi connectivity index (χ0) is 21.6. The summed E-state index contributed by atoms with van der Waals surface area (Å²) < 4.78 is 40.2. The zero-order valence-corrected chi connectivity index (χ0v) is 17.1. The van der Waals surface area contributed by atoms with Crippen LogP contribution in [0, 0.1) is 5.82 Å². The highest BCUT2D eigenvalue weighted by atomic mass is 35.5. The summed E-state index contributed by atoms with van der Waals surface area (Å²) in [6.07, 6.45) is 1.33.